The number of rotatable bonds is 5. The fourth-order valence-corrected chi connectivity index (χ4v) is 4.79. The van der Waals surface area contributed by atoms with Crippen LogP contribution < -0.4 is 5.32 Å². The second-order valence-electron chi connectivity index (χ2n) is 6.76. The monoisotopic (exact) mass is 381 g/mol. The minimum absolute atomic E-state index is 0.305. The number of carbonyl (C=O) groups excluding carboxylic acids is 3. The Morgan fingerprint density at radius 2 is 1.96 bits per heavy atom. The van der Waals surface area contributed by atoms with Crippen LogP contribution in [0.1, 0.15) is 18.0 Å². The number of halogens is 1. The molecule has 0 unspecified atom stereocenters. The topological polar surface area (TPSA) is 80.3 Å². The number of methoxy groups -OCH3 is 1. The SMILES string of the molecule is COC(=O)[C@]1(CCSC)[NH2+][C@H](c2ccc(F)cc2)[C@H]2C(=O)N(C)C(=O)[C@H]21. The number of nitrogens with two attached hydrogens (primary N) is 1. The first-order chi connectivity index (χ1) is 12.4. The summed E-state index contributed by atoms with van der Waals surface area (Å²) in [5, 5.41) is 1.79. The van der Waals surface area contributed by atoms with E-state index >= 15 is 0 Å². The first-order valence-corrected chi connectivity index (χ1v) is 9.77. The number of hydrogen-bond acceptors (Lipinski definition) is 5. The van der Waals surface area contributed by atoms with Crippen molar-refractivity contribution >= 4 is 29.5 Å². The number of thioether (sulfide) groups is 1. The van der Waals surface area contributed by atoms with E-state index in [1.807, 2.05) is 6.26 Å². The summed E-state index contributed by atoms with van der Waals surface area (Å²) in [6, 6.07) is 5.41. The van der Waals surface area contributed by atoms with Crippen molar-refractivity contribution in [3.05, 3.63) is 35.6 Å². The van der Waals surface area contributed by atoms with Gasteiger partial charge in [0.05, 0.1) is 7.11 Å². The van der Waals surface area contributed by atoms with E-state index < -0.39 is 29.4 Å². The van der Waals surface area contributed by atoms with Gasteiger partial charge in [-0.1, -0.05) is 12.1 Å². The number of quaternary nitrogens is 1. The van der Waals surface area contributed by atoms with Gasteiger partial charge < -0.3 is 10.1 Å². The summed E-state index contributed by atoms with van der Waals surface area (Å²) >= 11 is 1.56. The maximum atomic E-state index is 13.3. The van der Waals surface area contributed by atoms with Crippen LogP contribution in [0.2, 0.25) is 0 Å². The van der Waals surface area contributed by atoms with Crippen LogP contribution >= 0.6 is 11.8 Å². The molecule has 0 bridgehead atoms. The van der Waals surface area contributed by atoms with Crippen molar-refractivity contribution in [1.29, 1.82) is 0 Å². The van der Waals surface area contributed by atoms with Crippen LogP contribution in [0.3, 0.4) is 0 Å². The molecule has 4 atom stereocenters. The van der Waals surface area contributed by atoms with E-state index in [1.165, 1.54) is 26.3 Å². The Balaban J connectivity index is 2.11. The molecule has 2 fully saturated rings. The van der Waals surface area contributed by atoms with Gasteiger partial charge in [0.2, 0.25) is 17.4 Å². The van der Waals surface area contributed by atoms with Gasteiger partial charge in [-0.3, -0.25) is 14.5 Å². The minimum atomic E-state index is -1.15. The van der Waals surface area contributed by atoms with E-state index in [4.69, 9.17) is 4.74 Å². The molecule has 0 aliphatic carbocycles. The number of nitrogens with zero attached hydrogens (tertiary/aromatic N) is 1. The maximum absolute atomic E-state index is 13.3. The van der Waals surface area contributed by atoms with Crippen molar-refractivity contribution < 1.29 is 28.8 Å². The molecule has 0 spiro atoms. The normalized spacial score (nSPS) is 30.6. The van der Waals surface area contributed by atoms with E-state index in [2.05, 4.69) is 0 Å². The number of imide groups is 1. The molecule has 0 saturated carbocycles. The van der Waals surface area contributed by atoms with Gasteiger partial charge >= 0.3 is 5.97 Å². The lowest BCUT2D eigenvalue weighted by Crippen LogP contribution is -2.98. The molecule has 8 heteroatoms. The lowest BCUT2D eigenvalue weighted by molar-refractivity contribution is -0.734. The van der Waals surface area contributed by atoms with Gasteiger partial charge in [-0.2, -0.15) is 11.8 Å². The number of benzene rings is 1. The number of hydrogen-bond donors (Lipinski definition) is 1. The summed E-state index contributed by atoms with van der Waals surface area (Å²) in [7, 11) is 2.74. The summed E-state index contributed by atoms with van der Waals surface area (Å²) in [5.41, 5.74) is -0.438. The lowest BCUT2D eigenvalue weighted by atomic mass is 9.78. The molecule has 1 aromatic rings. The molecule has 26 heavy (non-hydrogen) atoms. The zero-order valence-corrected chi connectivity index (χ0v) is 15.7. The molecular weight excluding hydrogens is 359 g/mol. The standard InChI is InChI=1S/C18H21FN2O4S/c1-21-15(22)12-13(16(21)23)18(8-9-26-3,17(24)25-2)20-14(12)10-4-6-11(19)7-5-10/h4-7,12-14,20H,8-9H2,1-3H3/p+1/t12-,13-,14+,18+/m0/s1. The van der Waals surface area contributed by atoms with Crippen molar-refractivity contribution in [3.8, 4) is 0 Å². The number of amides is 2. The van der Waals surface area contributed by atoms with Crippen LogP contribution in [-0.4, -0.2) is 54.4 Å². The summed E-state index contributed by atoms with van der Waals surface area (Å²) in [5.74, 6) is -2.34. The minimum Gasteiger partial charge on any atom is -0.464 e. The Bertz CT molecular complexity index is 741. The summed E-state index contributed by atoms with van der Waals surface area (Å²) in [6.45, 7) is 0. The lowest BCUT2D eigenvalue weighted by Gasteiger charge is -2.28. The van der Waals surface area contributed by atoms with E-state index in [0.29, 0.717) is 17.7 Å². The third kappa shape index (κ3) is 2.72. The molecule has 1 aromatic carbocycles. The van der Waals surface area contributed by atoms with E-state index in [9.17, 15) is 18.8 Å². The molecule has 2 heterocycles. The van der Waals surface area contributed by atoms with Gasteiger partial charge in [0.25, 0.3) is 0 Å². The van der Waals surface area contributed by atoms with Crippen LogP contribution in [0, 0.1) is 17.7 Å². The Hall–Kier alpha value is -1.93. The molecule has 6 nitrogen and oxygen atoms in total. The quantitative estimate of drug-likeness (QED) is 0.588. The highest BCUT2D eigenvalue weighted by Crippen LogP contribution is 2.45. The van der Waals surface area contributed by atoms with E-state index in [1.54, 1.807) is 29.2 Å². The van der Waals surface area contributed by atoms with E-state index in [0.717, 1.165) is 4.90 Å². The van der Waals surface area contributed by atoms with E-state index in [-0.39, 0.29) is 17.6 Å². The number of ether oxygens (including phenoxy) is 1. The van der Waals surface area contributed by atoms with Crippen LogP contribution in [0.4, 0.5) is 4.39 Å². The third-order valence-electron chi connectivity index (χ3n) is 5.53. The Morgan fingerprint density at radius 3 is 2.54 bits per heavy atom. The second kappa shape index (κ2) is 7.00. The van der Waals surface area contributed by atoms with Crippen molar-refractivity contribution in [1.82, 2.24) is 4.90 Å². The first kappa shape index (κ1) is 18.8. The van der Waals surface area contributed by atoms with Crippen LogP contribution in [0.25, 0.3) is 0 Å². The molecule has 2 N–H and O–H groups in total. The fraction of sp³-hybridized carbons (Fsp3) is 0.500. The summed E-state index contributed by atoms with van der Waals surface area (Å²) in [6.07, 6.45) is 2.33. The van der Waals surface area contributed by atoms with Crippen molar-refractivity contribution in [2.24, 2.45) is 11.8 Å². The number of fused-ring (bicyclic) bond motifs is 1. The van der Waals surface area contributed by atoms with Gasteiger partial charge in [0.1, 0.15) is 23.7 Å². The molecule has 0 aromatic heterocycles. The Labute approximate surface area is 155 Å². The molecule has 2 amide bonds. The Morgan fingerprint density at radius 1 is 1.31 bits per heavy atom. The first-order valence-electron chi connectivity index (χ1n) is 8.37. The second-order valence-corrected chi connectivity index (χ2v) is 7.74. The van der Waals surface area contributed by atoms with Gasteiger partial charge in [0.15, 0.2) is 0 Å². The van der Waals surface area contributed by atoms with Crippen LogP contribution in [0.5, 0.6) is 0 Å². The summed E-state index contributed by atoms with van der Waals surface area (Å²) < 4.78 is 18.4. The number of esters is 1. The highest BCUT2D eigenvalue weighted by Gasteiger charge is 2.71. The zero-order chi connectivity index (χ0) is 19.1. The molecule has 3 rings (SSSR count). The average Bonchev–Trinajstić information content (AvgIpc) is 3.10. The predicted octanol–water partition coefficient (Wildman–Crippen LogP) is 0.340. The van der Waals surface area contributed by atoms with Crippen LogP contribution in [-0.2, 0) is 19.1 Å². The Kier molecular flexibility index (Phi) is 5.07. The van der Waals surface area contributed by atoms with Crippen molar-refractivity contribution in [3.63, 3.8) is 0 Å². The highest BCUT2D eigenvalue weighted by molar-refractivity contribution is 7.98. The van der Waals surface area contributed by atoms with Crippen molar-refractivity contribution in [2.45, 2.75) is 18.0 Å². The molecule has 2 aliphatic rings. The fourth-order valence-electron chi connectivity index (χ4n) is 4.25. The largest absolute Gasteiger partial charge is 0.464 e. The zero-order valence-electron chi connectivity index (χ0n) is 14.9. The molecule has 2 aliphatic heterocycles. The third-order valence-corrected chi connectivity index (χ3v) is 6.14. The molecule has 140 valence electrons. The van der Waals surface area contributed by atoms with Gasteiger partial charge in [-0.15, -0.1) is 0 Å². The average molecular weight is 381 g/mol. The van der Waals surface area contributed by atoms with Gasteiger partial charge in [0, 0.05) is 19.0 Å². The molecule has 2 saturated heterocycles. The highest BCUT2D eigenvalue weighted by atomic mass is 32.2. The maximum Gasteiger partial charge on any atom is 0.368 e. The smallest absolute Gasteiger partial charge is 0.368 e. The van der Waals surface area contributed by atoms with Crippen molar-refractivity contribution in [2.75, 3.05) is 26.2 Å². The van der Waals surface area contributed by atoms with Crippen LogP contribution in [0.15, 0.2) is 24.3 Å². The summed E-state index contributed by atoms with van der Waals surface area (Å²) in [4.78, 5) is 39.5. The predicted molar refractivity (Wildman–Crippen MR) is 93.6 cm³/mol. The molecular formula is C18H22FN2O4S+. The number of carbonyl (C=O) groups is 3. The van der Waals surface area contributed by atoms with Gasteiger partial charge in [-0.05, 0) is 24.1 Å². The van der Waals surface area contributed by atoms with Gasteiger partial charge in [-0.25, -0.2) is 9.18 Å². The number of likely N-dealkylation sites (tertiary alicyclic amines) is 1. The molecule has 0 radical (unpaired) electrons.